The molecule has 0 aromatic heterocycles. The highest BCUT2D eigenvalue weighted by atomic mass is 16.3. The fraction of sp³-hybridized carbons (Fsp3) is 0.625. The van der Waals surface area contributed by atoms with Gasteiger partial charge in [0.05, 0.1) is 0 Å². The van der Waals surface area contributed by atoms with Gasteiger partial charge in [-0.1, -0.05) is 19.8 Å². The predicted octanol–water partition coefficient (Wildman–Crippen LogP) is 3.00. The molecule has 2 rings (SSSR count). The second-order valence-electron chi connectivity index (χ2n) is 5.86. The molecule has 106 valence electrons. The molecule has 0 spiro atoms. The van der Waals surface area contributed by atoms with Crippen LogP contribution >= 0.6 is 0 Å². The molecule has 1 saturated carbocycles. The van der Waals surface area contributed by atoms with Gasteiger partial charge in [0.1, 0.15) is 5.75 Å². The van der Waals surface area contributed by atoms with Gasteiger partial charge in [-0.05, 0) is 43.7 Å². The van der Waals surface area contributed by atoms with E-state index in [1.165, 1.54) is 31.4 Å². The van der Waals surface area contributed by atoms with Crippen molar-refractivity contribution in [1.82, 2.24) is 5.32 Å². The average Bonchev–Trinajstić information content (AvgIpc) is 2.86. The van der Waals surface area contributed by atoms with Crippen LogP contribution in [0.3, 0.4) is 0 Å². The van der Waals surface area contributed by atoms with Crippen molar-refractivity contribution in [1.29, 1.82) is 0 Å². The number of anilines is 1. The van der Waals surface area contributed by atoms with Crippen molar-refractivity contribution in [3.63, 3.8) is 0 Å². The van der Waals surface area contributed by atoms with Crippen molar-refractivity contribution < 1.29 is 5.11 Å². The third-order valence-corrected chi connectivity index (χ3v) is 4.28. The lowest BCUT2D eigenvalue weighted by Crippen LogP contribution is -2.41. The van der Waals surface area contributed by atoms with E-state index in [4.69, 9.17) is 0 Å². The quantitative estimate of drug-likeness (QED) is 0.827. The van der Waals surface area contributed by atoms with Gasteiger partial charge in [0.2, 0.25) is 0 Å². The largest absolute Gasteiger partial charge is 0.508 e. The molecule has 2 N–H and O–H groups in total. The minimum absolute atomic E-state index is 0.334. The molecular formula is C16H26N2O. The Kier molecular flexibility index (Phi) is 4.70. The molecular weight excluding hydrogens is 236 g/mol. The smallest absolute Gasteiger partial charge is 0.115 e. The van der Waals surface area contributed by atoms with E-state index < -0.39 is 0 Å². The Morgan fingerprint density at radius 1 is 1.21 bits per heavy atom. The Labute approximate surface area is 116 Å². The van der Waals surface area contributed by atoms with Crippen molar-refractivity contribution >= 4 is 5.69 Å². The summed E-state index contributed by atoms with van der Waals surface area (Å²) in [5.74, 6) is 0.334. The topological polar surface area (TPSA) is 35.5 Å². The third kappa shape index (κ3) is 3.63. The van der Waals surface area contributed by atoms with E-state index in [0.29, 0.717) is 11.2 Å². The molecule has 0 atom stereocenters. The summed E-state index contributed by atoms with van der Waals surface area (Å²) >= 11 is 0. The van der Waals surface area contributed by atoms with Crippen LogP contribution in [-0.4, -0.2) is 31.8 Å². The van der Waals surface area contributed by atoms with Crippen molar-refractivity contribution in [2.24, 2.45) is 5.41 Å². The fourth-order valence-corrected chi connectivity index (χ4v) is 3.21. The molecule has 19 heavy (non-hydrogen) atoms. The van der Waals surface area contributed by atoms with Crippen molar-refractivity contribution in [2.45, 2.75) is 32.6 Å². The third-order valence-electron chi connectivity index (χ3n) is 4.28. The lowest BCUT2D eigenvalue weighted by molar-refractivity contribution is 0.289. The molecule has 1 aliphatic carbocycles. The first-order valence-electron chi connectivity index (χ1n) is 7.36. The number of hydrogen-bond acceptors (Lipinski definition) is 3. The van der Waals surface area contributed by atoms with Crippen LogP contribution in [0.2, 0.25) is 0 Å². The van der Waals surface area contributed by atoms with E-state index in [0.717, 1.165) is 19.6 Å². The Bertz CT molecular complexity index is 382. The molecule has 1 aromatic carbocycles. The Balaban J connectivity index is 2.02. The molecule has 0 bridgehead atoms. The van der Waals surface area contributed by atoms with E-state index in [2.05, 4.69) is 24.2 Å². The number of rotatable bonds is 6. The molecule has 0 amide bonds. The van der Waals surface area contributed by atoms with Gasteiger partial charge in [-0.3, -0.25) is 0 Å². The molecule has 0 heterocycles. The standard InChI is InChI=1S/C16H26N2O/c1-3-17-12-16(10-4-5-11-16)13-18(2)14-6-8-15(19)9-7-14/h6-9,17,19H,3-5,10-13H2,1-2H3. The second kappa shape index (κ2) is 6.29. The van der Waals surface area contributed by atoms with Crippen LogP contribution in [0.4, 0.5) is 5.69 Å². The van der Waals surface area contributed by atoms with Gasteiger partial charge in [0.25, 0.3) is 0 Å². The van der Waals surface area contributed by atoms with Crippen LogP contribution in [0.5, 0.6) is 5.75 Å². The van der Waals surface area contributed by atoms with Gasteiger partial charge in [-0.2, -0.15) is 0 Å². The van der Waals surface area contributed by atoms with Gasteiger partial charge in [-0.25, -0.2) is 0 Å². The molecule has 0 saturated heterocycles. The van der Waals surface area contributed by atoms with Crippen molar-refractivity contribution in [2.75, 3.05) is 31.6 Å². The average molecular weight is 262 g/mol. The number of phenolic OH excluding ortho intramolecular Hbond substituents is 1. The minimum atomic E-state index is 0.334. The first-order valence-corrected chi connectivity index (χ1v) is 7.36. The number of phenols is 1. The maximum absolute atomic E-state index is 9.36. The first-order chi connectivity index (χ1) is 9.15. The van der Waals surface area contributed by atoms with E-state index in [1.807, 2.05) is 12.1 Å². The van der Waals surface area contributed by atoms with Gasteiger partial charge < -0.3 is 15.3 Å². The summed E-state index contributed by atoms with van der Waals surface area (Å²) in [5.41, 5.74) is 1.60. The summed E-state index contributed by atoms with van der Waals surface area (Å²) in [6.07, 6.45) is 5.36. The van der Waals surface area contributed by atoms with Crippen LogP contribution in [0.15, 0.2) is 24.3 Å². The molecule has 3 nitrogen and oxygen atoms in total. The Morgan fingerprint density at radius 3 is 2.42 bits per heavy atom. The lowest BCUT2D eigenvalue weighted by Gasteiger charge is -2.35. The van der Waals surface area contributed by atoms with Crippen LogP contribution < -0.4 is 10.2 Å². The Hall–Kier alpha value is -1.22. The van der Waals surface area contributed by atoms with E-state index >= 15 is 0 Å². The highest BCUT2D eigenvalue weighted by Crippen LogP contribution is 2.39. The second-order valence-corrected chi connectivity index (χ2v) is 5.86. The number of hydrogen-bond donors (Lipinski definition) is 2. The molecule has 0 radical (unpaired) electrons. The number of nitrogens with one attached hydrogen (secondary N) is 1. The SMILES string of the molecule is CCNCC1(CN(C)c2ccc(O)cc2)CCCC1. The number of nitrogens with zero attached hydrogens (tertiary/aromatic N) is 1. The highest BCUT2D eigenvalue weighted by Gasteiger charge is 2.34. The molecule has 0 aliphatic heterocycles. The predicted molar refractivity (Wildman–Crippen MR) is 80.8 cm³/mol. The molecule has 1 fully saturated rings. The fourth-order valence-electron chi connectivity index (χ4n) is 3.21. The summed E-state index contributed by atoms with van der Waals surface area (Å²) in [5, 5.41) is 12.9. The normalized spacial score (nSPS) is 17.6. The summed E-state index contributed by atoms with van der Waals surface area (Å²) < 4.78 is 0. The lowest BCUT2D eigenvalue weighted by atomic mass is 9.85. The summed E-state index contributed by atoms with van der Waals surface area (Å²) in [7, 11) is 2.15. The maximum atomic E-state index is 9.36. The summed E-state index contributed by atoms with van der Waals surface area (Å²) in [6, 6.07) is 7.51. The van der Waals surface area contributed by atoms with E-state index in [9.17, 15) is 5.11 Å². The van der Waals surface area contributed by atoms with Gasteiger partial charge in [-0.15, -0.1) is 0 Å². The first kappa shape index (κ1) is 14.2. The summed E-state index contributed by atoms with van der Waals surface area (Å²) in [6.45, 7) is 5.42. The van der Waals surface area contributed by atoms with Gasteiger partial charge >= 0.3 is 0 Å². The van der Waals surface area contributed by atoms with Crippen LogP contribution in [-0.2, 0) is 0 Å². The zero-order valence-electron chi connectivity index (χ0n) is 12.2. The molecule has 1 aliphatic rings. The zero-order chi connectivity index (χ0) is 13.7. The number of benzene rings is 1. The van der Waals surface area contributed by atoms with E-state index in [1.54, 1.807) is 12.1 Å². The van der Waals surface area contributed by atoms with Crippen molar-refractivity contribution in [3.05, 3.63) is 24.3 Å². The van der Waals surface area contributed by atoms with Crippen LogP contribution in [0, 0.1) is 5.41 Å². The Morgan fingerprint density at radius 2 is 1.84 bits per heavy atom. The van der Waals surface area contributed by atoms with Gasteiger partial charge in [0.15, 0.2) is 0 Å². The van der Waals surface area contributed by atoms with Gasteiger partial charge in [0, 0.05) is 31.2 Å². The molecule has 1 aromatic rings. The monoisotopic (exact) mass is 262 g/mol. The van der Waals surface area contributed by atoms with E-state index in [-0.39, 0.29) is 0 Å². The zero-order valence-corrected chi connectivity index (χ0v) is 12.2. The maximum Gasteiger partial charge on any atom is 0.115 e. The highest BCUT2D eigenvalue weighted by molar-refractivity contribution is 5.48. The molecule has 3 heteroatoms. The van der Waals surface area contributed by atoms with Crippen LogP contribution in [0.25, 0.3) is 0 Å². The minimum Gasteiger partial charge on any atom is -0.508 e. The molecule has 0 unspecified atom stereocenters. The van der Waals surface area contributed by atoms with Crippen molar-refractivity contribution in [3.8, 4) is 5.75 Å². The summed E-state index contributed by atoms with van der Waals surface area (Å²) in [4.78, 5) is 2.32. The number of aromatic hydroxyl groups is 1. The van der Waals surface area contributed by atoms with Crippen LogP contribution in [0.1, 0.15) is 32.6 Å².